The van der Waals surface area contributed by atoms with E-state index >= 15 is 0 Å². The lowest BCUT2D eigenvalue weighted by molar-refractivity contribution is -0.119. The van der Waals surface area contributed by atoms with E-state index in [9.17, 15) is 14.7 Å². The highest BCUT2D eigenvalue weighted by molar-refractivity contribution is 6.28. The Kier molecular flexibility index (Phi) is 3.25. The van der Waals surface area contributed by atoms with Crippen molar-refractivity contribution in [2.45, 2.75) is 25.0 Å². The molecule has 20 heavy (non-hydrogen) atoms. The molecule has 2 atom stereocenters. The normalized spacial score (nSPS) is 28.9. The van der Waals surface area contributed by atoms with Crippen molar-refractivity contribution in [1.82, 2.24) is 5.48 Å². The number of hydrogen-bond acceptors (Lipinski definition) is 5. The molecule has 0 spiro atoms. The summed E-state index contributed by atoms with van der Waals surface area (Å²) in [7, 11) is 1.55. The second kappa shape index (κ2) is 4.94. The lowest BCUT2D eigenvalue weighted by Crippen LogP contribution is -2.41. The van der Waals surface area contributed by atoms with Gasteiger partial charge in [-0.15, -0.1) is 0 Å². The molecule has 104 valence electrons. The van der Waals surface area contributed by atoms with Crippen LogP contribution >= 0.6 is 0 Å². The molecule has 2 N–H and O–H groups in total. The number of rotatable bonds is 2. The van der Waals surface area contributed by atoms with Gasteiger partial charge in [0.2, 0.25) is 0 Å². The third kappa shape index (κ3) is 1.83. The number of hydrogen-bond donors (Lipinski definition) is 2. The molecule has 0 aromatic rings. The Hall–Kier alpha value is -1.82. The second-order valence-electron chi connectivity index (χ2n) is 4.91. The summed E-state index contributed by atoms with van der Waals surface area (Å²) < 4.78 is 0. The Labute approximate surface area is 116 Å². The topological polar surface area (TPSA) is 75.6 Å². The van der Waals surface area contributed by atoms with Crippen molar-refractivity contribution in [3.8, 4) is 0 Å². The van der Waals surface area contributed by atoms with Crippen molar-refractivity contribution in [3.63, 3.8) is 0 Å². The molecule has 0 saturated carbocycles. The Balaban J connectivity index is 2.10. The summed E-state index contributed by atoms with van der Waals surface area (Å²) in [4.78, 5) is 30.3. The molecule has 5 heteroatoms. The zero-order chi connectivity index (χ0) is 14.3. The maximum atomic E-state index is 12.6. The molecule has 3 aliphatic rings. The van der Waals surface area contributed by atoms with Gasteiger partial charge in [-0.2, -0.15) is 0 Å². The van der Waals surface area contributed by atoms with Gasteiger partial charge in [0.1, 0.15) is 12.2 Å². The van der Waals surface area contributed by atoms with Gasteiger partial charge in [0.25, 0.3) is 0 Å². The number of allylic oxidation sites excluding steroid dienone is 6. The van der Waals surface area contributed by atoms with E-state index in [1.807, 2.05) is 6.08 Å². The first kappa shape index (κ1) is 13.2. The van der Waals surface area contributed by atoms with Crippen LogP contribution in [0.15, 0.2) is 46.6 Å². The van der Waals surface area contributed by atoms with Crippen molar-refractivity contribution in [3.05, 3.63) is 46.6 Å². The molecule has 0 aromatic carbocycles. The zero-order valence-electron chi connectivity index (χ0n) is 11.1. The second-order valence-corrected chi connectivity index (χ2v) is 4.91. The fourth-order valence-electron chi connectivity index (χ4n) is 2.83. The highest BCUT2D eigenvalue weighted by atomic mass is 16.7. The minimum absolute atomic E-state index is 0.133. The van der Waals surface area contributed by atoms with Gasteiger partial charge in [-0.25, -0.2) is 5.48 Å². The van der Waals surface area contributed by atoms with E-state index < -0.39 is 12.2 Å². The van der Waals surface area contributed by atoms with E-state index in [4.69, 9.17) is 4.84 Å². The molecule has 5 nitrogen and oxygen atoms in total. The highest BCUT2D eigenvalue weighted by Gasteiger charge is 2.41. The van der Waals surface area contributed by atoms with Crippen molar-refractivity contribution in [1.29, 1.82) is 0 Å². The average Bonchev–Trinajstić information content (AvgIpc) is 2.47. The summed E-state index contributed by atoms with van der Waals surface area (Å²) in [5.41, 5.74) is 4.07. The first-order valence-corrected chi connectivity index (χ1v) is 6.57. The fraction of sp³-hybridized carbons (Fsp3) is 0.333. The molecular weight excluding hydrogens is 258 g/mol. The van der Waals surface area contributed by atoms with Crippen molar-refractivity contribution in [2.24, 2.45) is 0 Å². The van der Waals surface area contributed by atoms with Crippen LogP contribution in [0.5, 0.6) is 0 Å². The molecule has 0 radical (unpaired) electrons. The third-order valence-electron chi connectivity index (χ3n) is 3.77. The first-order valence-electron chi connectivity index (χ1n) is 6.57. The van der Waals surface area contributed by atoms with Gasteiger partial charge in [0.15, 0.2) is 11.6 Å². The van der Waals surface area contributed by atoms with Crippen molar-refractivity contribution in [2.75, 3.05) is 7.05 Å². The van der Waals surface area contributed by atoms with Gasteiger partial charge in [-0.1, -0.05) is 24.3 Å². The average molecular weight is 273 g/mol. The van der Waals surface area contributed by atoms with Gasteiger partial charge in [-0.3, -0.25) is 14.4 Å². The minimum Gasteiger partial charge on any atom is -0.386 e. The number of nitrogens with one attached hydrogen (secondary N) is 1. The summed E-state index contributed by atoms with van der Waals surface area (Å²) in [5, 5.41) is 9.96. The van der Waals surface area contributed by atoms with E-state index in [-0.39, 0.29) is 17.1 Å². The fourth-order valence-corrected chi connectivity index (χ4v) is 2.83. The summed E-state index contributed by atoms with van der Waals surface area (Å²) in [6.07, 6.45) is 6.13. The highest BCUT2D eigenvalue weighted by Crippen LogP contribution is 2.36. The lowest BCUT2D eigenvalue weighted by atomic mass is 9.75. The number of Topliss-reactive ketones (excluding diaryl/α,β-unsaturated/α-hetero) is 2. The Bertz CT molecular complexity index is 609. The van der Waals surface area contributed by atoms with Crippen LogP contribution in [0.2, 0.25) is 0 Å². The third-order valence-corrected chi connectivity index (χ3v) is 3.77. The van der Waals surface area contributed by atoms with Crippen LogP contribution in [0, 0.1) is 0 Å². The van der Waals surface area contributed by atoms with Gasteiger partial charge in [0.05, 0.1) is 0 Å². The number of ketones is 2. The number of aliphatic hydroxyl groups excluding tert-OH is 1. The van der Waals surface area contributed by atoms with E-state index in [1.165, 1.54) is 12.2 Å². The summed E-state index contributed by atoms with van der Waals surface area (Å²) in [5.74, 6) is -0.360. The molecule has 0 amide bonds. The molecule has 3 rings (SSSR count). The lowest BCUT2D eigenvalue weighted by Gasteiger charge is -2.31. The Morgan fingerprint density at radius 1 is 1.25 bits per heavy atom. The van der Waals surface area contributed by atoms with E-state index in [1.54, 1.807) is 13.1 Å². The largest absolute Gasteiger partial charge is 0.386 e. The minimum atomic E-state index is -0.951. The van der Waals surface area contributed by atoms with E-state index in [0.29, 0.717) is 23.1 Å². The molecule has 0 aliphatic heterocycles. The molecule has 0 heterocycles. The predicted molar refractivity (Wildman–Crippen MR) is 71.5 cm³/mol. The molecule has 3 aliphatic carbocycles. The van der Waals surface area contributed by atoms with Gasteiger partial charge < -0.3 is 5.11 Å². The standard InChI is InChI=1S/C15H15NO4/c1-16-20-15-11(17)7-6-10-12(15)14(19)9-5-3-2-4-8(9)13(10)18/h3,5-7,11,15-17H,2,4H2,1H3. The molecule has 0 bridgehead atoms. The monoisotopic (exact) mass is 273 g/mol. The molecule has 0 fully saturated rings. The number of aliphatic hydroxyl groups is 1. The van der Waals surface area contributed by atoms with Gasteiger partial charge >= 0.3 is 0 Å². The number of carbonyl (C=O) groups is 2. The van der Waals surface area contributed by atoms with Crippen LogP contribution in [0.25, 0.3) is 0 Å². The van der Waals surface area contributed by atoms with E-state index in [2.05, 4.69) is 5.48 Å². The van der Waals surface area contributed by atoms with Gasteiger partial charge in [-0.05, 0) is 12.8 Å². The SMILES string of the molecule is CNOC1C2=C(C=CC1O)C(=O)C1=C(C=CCC1)C2=O. The molecule has 2 unspecified atom stereocenters. The zero-order valence-corrected chi connectivity index (χ0v) is 11.1. The van der Waals surface area contributed by atoms with E-state index in [0.717, 1.165) is 6.42 Å². The van der Waals surface area contributed by atoms with Crippen molar-refractivity contribution < 1.29 is 19.5 Å². The van der Waals surface area contributed by atoms with Crippen LogP contribution in [0.3, 0.4) is 0 Å². The van der Waals surface area contributed by atoms with Crippen LogP contribution in [0.1, 0.15) is 12.8 Å². The van der Waals surface area contributed by atoms with Crippen LogP contribution in [0.4, 0.5) is 0 Å². The Morgan fingerprint density at radius 2 is 2.05 bits per heavy atom. The number of carbonyl (C=O) groups excluding carboxylic acids is 2. The molecule has 0 saturated heterocycles. The predicted octanol–water partition coefficient (Wildman–Crippen LogP) is 0.532. The van der Waals surface area contributed by atoms with Gasteiger partial charge in [0, 0.05) is 29.3 Å². The maximum Gasteiger partial charge on any atom is 0.192 e. The van der Waals surface area contributed by atoms with Crippen molar-refractivity contribution >= 4 is 11.6 Å². The Morgan fingerprint density at radius 3 is 2.80 bits per heavy atom. The summed E-state index contributed by atoms with van der Waals surface area (Å²) >= 11 is 0. The van der Waals surface area contributed by atoms with Crippen LogP contribution in [-0.2, 0) is 14.4 Å². The molecular formula is C15H15NO4. The van der Waals surface area contributed by atoms with Crippen LogP contribution in [-0.4, -0.2) is 35.9 Å². The number of hydroxylamine groups is 1. The maximum absolute atomic E-state index is 12.6. The summed E-state index contributed by atoms with van der Waals surface area (Å²) in [6.45, 7) is 0. The van der Waals surface area contributed by atoms with Crippen LogP contribution < -0.4 is 5.48 Å². The summed E-state index contributed by atoms with van der Waals surface area (Å²) in [6, 6.07) is 0. The quantitative estimate of drug-likeness (QED) is 0.567. The molecule has 0 aromatic heterocycles. The smallest absolute Gasteiger partial charge is 0.192 e. The first-order chi connectivity index (χ1) is 9.65.